The third-order valence-corrected chi connectivity index (χ3v) is 3.01. The lowest BCUT2D eigenvalue weighted by atomic mass is 10.0. The molecular weight excluding hydrogens is 303 g/mol. The fourth-order valence-electron chi connectivity index (χ4n) is 1.67. The quantitative estimate of drug-likeness (QED) is 0.582. The lowest BCUT2D eigenvalue weighted by molar-refractivity contribution is -0.137. The summed E-state index contributed by atoms with van der Waals surface area (Å²) in [5.74, 6) is -0.706. The van der Waals surface area contributed by atoms with Crippen molar-refractivity contribution >= 4 is 23.2 Å². The third-order valence-electron chi connectivity index (χ3n) is 2.48. The van der Waals surface area contributed by atoms with Gasteiger partial charge in [0, 0.05) is 10.6 Å². The fourth-order valence-corrected chi connectivity index (χ4v) is 2.18. The number of halogens is 6. The molecule has 0 fully saturated rings. The summed E-state index contributed by atoms with van der Waals surface area (Å²) in [4.78, 5) is 0. The van der Waals surface area contributed by atoms with Gasteiger partial charge >= 0.3 is 6.18 Å². The van der Waals surface area contributed by atoms with Crippen LogP contribution in [-0.2, 0) is 6.18 Å². The van der Waals surface area contributed by atoms with Crippen LogP contribution in [0.4, 0.5) is 17.6 Å². The molecule has 0 saturated heterocycles. The van der Waals surface area contributed by atoms with Gasteiger partial charge in [0.15, 0.2) is 0 Å². The van der Waals surface area contributed by atoms with Crippen LogP contribution >= 0.6 is 23.2 Å². The third kappa shape index (κ3) is 3.01. The Morgan fingerprint density at radius 3 is 2.21 bits per heavy atom. The van der Waals surface area contributed by atoms with Crippen molar-refractivity contribution < 1.29 is 17.6 Å². The van der Waals surface area contributed by atoms with Gasteiger partial charge in [0.25, 0.3) is 0 Å². The van der Waals surface area contributed by atoms with E-state index in [-0.39, 0.29) is 21.2 Å². The smallest absolute Gasteiger partial charge is 0.206 e. The first-order valence-corrected chi connectivity index (χ1v) is 5.87. The van der Waals surface area contributed by atoms with Crippen molar-refractivity contribution in [3.8, 4) is 11.1 Å². The van der Waals surface area contributed by atoms with E-state index in [1.165, 1.54) is 18.2 Å². The van der Waals surface area contributed by atoms with Crippen LogP contribution in [0.5, 0.6) is 0 Å². The van der Waals surface area contributed by atoms with Crippen LogP contribution in [0.1, 0.15) is 5.56 Å². The summed E-state index contributed by atoms with van der Waals surface area (Å²) in [6.07, 6.45) is -4.56. The second kappa shape index (κ2) is 5.02. The molecule has 0 bridgehead atoms. The summed E-state index contributed by atoms with van der Waals surface area (Å²) >= 11 is 11.5. The molecule has 0 radical (unpaired) electrons. The molecular formula is C13H6Cl2F4. The number of alkyl halides is 3. The van der Waals surface area contributed by atoms with Crippen molar-refractivity contribution in [1.82, 2.24) is 0 Å². The molecule has 100 valence electrons. The predicted octanol–water partition coefficient (Wildman–Crippen LogP) is 5.82. The molecule has 0 nitrogen and oxygen atoms in total. The molecule has 0 saturated carbocycles. The second-order valence-electron chi connectivity index (χ2n) is 3.82. The highest BCUT2D eigenvalue weighted by atomic mass is 35.5. The number of hydrogen-bond donors (Lipinski definition) is 0. The van der Waals surface area contributed by atoms with E-state index in [0.29, 0.717) is 0 Å². The Kier molecular flexibility index (Phi) is 3.74. The topological polar surface area (TPSA) is 0 Å². The average Bonchev–Trinajstić information content (AvgIpc) is 2.26. The summed E-state index contributed by atoms with van der Waals surface area (Å²) in [7, 11) is 0. The van der Waals surface area contributed by atoms with E-state index in [0.717, 1.165) is 18.2 Å². The Morgan fingerprint density at radius 1 is 0.947 bits per heavy atom. The molecule has 0 aromatic heterocycles. The van der Waals surface area contributed by atoms with E-state index in [1.807, 2.05) is 0 Å². The highest BCUT2D eigenvalue weighted by Gasteiger charge is 2.31. The van der Waals surface area contributed by atoms with Crippen LogP contribution in [0.2, 0.25) is 10.0 Å². The van der Waals surface area contributed by atoms with E-state index in [1.54, 1.807) is 0 Å². The SMILES string of the molecule is Fc1cccc(Cl)c1-c1cc(Cl)cc(C(F)(F)F)c1. The zero-order valence-corrected chi connectivity index (χ0v) is 10.7. The van der Waals surface area contributed by atoms with Gasteiger partial charge in [0.1, 0.15) is 5.82 Å². The normalized spacial score (nSPS) is 11.7. The van der Waals surface area contributed by atoms with Crippen molar-refractivity contribution in [2.45, 2.75) is 6.18 Å². The van der Waals surface area contributed by atoms with Crippen LogP contribution in [0.3, 0.4) is 0 Å². The zero-order valence-electron chi connectivity index (χ0n) is 9.23. The minimum Gasteiger partial charge on any atom is -0.206 e. The van der Waals surface area contributed by atoms with Gasteiger partial charge < -0.3 is 0 Å². The molecule has 0 unspecified atom stereocenters. The van der Waals surface area contributed by atoms with E-state index < -0.39 is 17.6 Å². The van der Waals surface area contributed by atoms with E-state index >= 15 is 0 Å². The van der Waals surface area contributed by atoms with Crippen molar-refractivity contribution in [2.75, 3.05) is 0 Å². The molecule has 2 rings (SSSR count). The largest absolute Gasteiger partial charge is 0.416 e. The maximum absolute atomic E-state index is 13.7. The van der Waals surface area contributed by atoms with Gasteiger partial charge in [-0.2, -0.15) is 13.2 Å². The highest BCUT2D eigenvalue weighted by molar-refractivity contribution is 6.34. The monoisotopic (exact) mass is 308 g/mol. The van der Waals surface area contributed by atoms with Crippen molar-refractivity contribution in [1.29, 1.82) is 0 Å². The standard InChI is InChI=1S/C13H6Cl2F4/c14-9-5-7(4-8(6-9)13(17,18)19)12-10(15)2-1-3-11(12)16/h1-6H. The van der Waals surface area contributed by atoms with Gasteiger partial charge in [-0.1, -0.05) is 29.3 Å². The molecule has 0 heterocycles. The Balaban J connectivity index is 2.67. The summed E-state index contributed by atoms with van der Waals surface area (Å²) < 4.78 is 51.7. The lowest BCUT2D eigenvalue weighted by Gasteiger charge is -2.11. The van der Waals surface area contributed by atoms with Crippen LogP contribution in [0, 0.1) is 5.82 Å². The number of rotatable bonds is 1. The maximum atomic E-state index is 13.7. The first-order chi connectivity index (χ1) is 8.79. The average molecular weight is 309 g/mol. The zero-order chi connectivity index (χ0) is 14.2. The molecule has 0 aliphatic heterocycles. The summed E-state index contributed by atoms with van der Waals surface area (Å²) in [5.41, 5.74) is -1.06. The van der Waals surface area contributed by atoms with Gasteiger partial charge in [-0.25, -0.2) is 4.39 Å². The first-order valence-electron chi connectivity index (χ1n) is 5.11. The Bertz CT molecular complexity index is 600. The molecule has 0 spiro atoms. The Morgan fingerprint density at radius 2 is 1.63 bits per heavy atom. The van der Waals surface area contributed by atoms with Gasteiger partial charge in [0.05, 0.1) is 10.6 Å². The lowest BCUT2D eigenvalue weighted by Crippen LogP contribution is -2.05. The van der Waals surface area contributed by atoms with E-state index in [4.69, 9.17) is 23.2 Å². The van der Waals surface area contributed by atoms with Crippen LogP contribution in [-0.4, -0.2) is 0 Å². The summed E-state index contributed by atoms with van der Waals surface area (Å²) in [6, 6.07) is 6.72. The minimum atomic E-state index is -4.56. The highest BCUT2D eigenvalue weighted by Crippen LogP contribution is 2.37. The van der Waals surface area contributed by atoms with E-state index in [2.05, 4.69) is 0 Å². The Hall–Kier alpha value is -1.26. The van der Waals surface area contributed by atoms with Crippen molar-refractivity contribution in [2.24, 2.45) is 0 Å². The van der Waals surface area contributed by atoms with Gasteiger partial charge in [-0.05, 0) is 35.9 Å². The van der Waals surface area contributed by atoms with Gasteiger partial charge in [0.2, 0.25) is 0 Å². The second-order valence-corrected chi connectivity index (χ2v) is 4.67. The predicted molar refractivity (Wildman–Crippen MR) is 66.9 cm³/mol. The molecule has 6 heteroatoms. The Labute approximate surface area is 116 Å². The molecule has 0 atom stereocenters. The molecule has 0 aliphatic rings. The van der Waals surface area contributed by atoms with Crippen molar-refractivity contribution in [3.05, 3.63) is 57.8 Å². The molecule has 19 heavy (non-hydrogen) atoms. The minimum absolute atomic E-state index is 0.0112. The molecule has 2 aromatic rings. The maximum Gasteiger partial charge on any atom is 0.416 e. The van der Waals surface area contributed by atoms with Gasteiger partial charge in [-0.3, -0.25) is 0 Å². The van der Waals surface area contributed by atoms with Crippen LogP contribution in [0.25, 0.3) is 11.1 Å². The van der Waals surface area contributed by atoms with Crippen LogP contribution < -0.4 is 0 Å². The van der Waals surface area contributed by atoms with Crippen LogP contribution in [0.15, 0.2) is 36.4 Å². The van der Waals surface area contributed by atoms with Crippen molar-refractivity contribution in [3.63, 3.8) is 0 Å². The molecule has 0 N–H and O–H groups in total. The molecule has 0 aliphatic carbocycles. The summed E-state index contributed by atoms with van der Waals surface area (Å²) in [5, 5.41) is -0.112. The van der Waals surface area contributed by atoms with E-state index in [9.17, 15) is 17.6 Å². The first kappa shape index (κ1) is 14.2. The number of benzene rings is 2. The molecule has 2 aromatic carbocycles. The fraction of sp³-hybridized carbons (Fsp3) is 0.0769. The molecule has 0 amide bonds. The van der Waals surface area contributed by atoms with Gasteiger partial charge in [-0.15, -0.1) is 0 Å². The number of hydrogen-bond acceptors (Lipinski definition) is 0. The summed E-state index contributed by atoms with van der Waals surface area (Å²) in [6.45, 7) is 0.